The number of hydrogen-bond donors (Lipinski definition) is 3. The van der Waals surface area contributed by atoms with E-state index in [1.54, 1.807) is 18.2 Å². The fourth-order valence-corrected chi connectivity index (χ4v) is 2.64. The molecule has 0 aliphatic heterocycles. The Morgan fingerprint density at radius 3 is 2.43 bits per heavy atom. The molecule has 0 unspecified atom stereocenters. The summed E-state index contributed by atoms with van der Waals surface area (Å²) in [5, 5.41) is 14.6. The van der Waals surface area contributed by atoms with Crippen LogP contribution in [-0.4, -0.2) is 30.0 Å². The first-order valence-electron chi connectivity index (χ1n) is 7.35. The molecule has 3 N–H and O–H groups in total. The maximum atomic E-state index is 12.1. The van der Waals surface area contributed by atoms with Gasteiger partial charge < -0.3 is 20.5 Å². The summed E-state index contributed by atoms with van der Waals surface area (Å²) in [6.07, 6.45) is 1.85. The fourth-order valence-electron chi connectivity index (χ4n) is 2.64. The Hall–Kier alpha value is -2.57. The van der Waals surface area contributed by atoms with E-state index >= 15 is 0 Å². The van der Waals surface area contributed by atoms with Gasteiger partial charge in [0.15, 0.2) is 0 Å². The smallest absolute Gasteiger partial charge is 0.310 e. The largest absolute Gasteiger partial charge is 0.494 e. The molecular formula is C16H20N2O5. The number of nitrogens with one attached hydrogen (secondary N) is 2. The van der Waals surface area contributed by atoms with Crippen LogP contribution >= 0.6 is 0 Å². The minimum absolute atomic E-state index is 0.0436. The van der Waals surface area contributed by atoms with E-state index in [4.69, 9.17) is 4.74 Å². The van der Waals surface area contributed by atoms with E-state index in [0.717, 1.165) is 6.42 Å². The number of carboxylic acids is 1. The zero-order valence-corrected chi connectivity index (χ0v) is 13.1. The van der Waals surface area contributed by atoms with Crippen molar-refractivity contribution >= 4 is 29.2 Å². The molecule has 1 aliphatic rings. The highest BCUT2D eigenvalue weighted by Crippen LogP contribution is 2.44. The van der Waals surface area contributed by atoms with Crippen LogP contribution < -0.4 is 15.4 Å². The highest BCUT2D eigenvalue weighted by molar-refractivity contribution is 5.96. The molecular weight excluding hydrogens is 300 g/mol. The second kappa shape index (κ2) is 6.68. The molecule has 1 aromatic carbocycles. The molecule has 0 bridgehead atoms. The van der Waals surface area contributed by atoms with Crippen molar-refractivity contribution in [3.05, 3.63) is 18.2 Å². The van der Waals surface area contributed by atoms with Gasteiger partial charge >= 0.3 is 5.97 Å². The van der Waals surface area contributed by atoms with Crippen LogP contribution in [0.15, 0.2) is 18.2 Å². The molecule has 1 aromatic rings. The van der Waals surface area contributed by atoms with Gasteiger partial charge in [-0.05, 0) is 25.0 Å². The number of ether oxygens (including phenoxy) is 1. The molecule has 0 aromatic heterocycles. The molecule has 23 heavy (non-hydrogen) atoms. The van der Waals surface area contributed by atoms with Crippen molar-refractivity contribution in [2.24, 2.45) is 5.41 Å². The highest BCUT2D eigenvalue weighted by Gasteiger charge is 2.45. The van der Waals surface area contributed by atoms with Crippen molar-refractivity contribution in [3.63, 3.8) is 0 Å². The molecule has 7 nitrogen and oxygen atoms in total. The van der Waals surface area contributed by atoms with E-state index in [2.05, 4.69) is 10.6 Å². The molecule has 0 radical (unpaired) electrons. The number of rotatable bonds is 6. The molecule has 0 heterocycles. The maximum Gasteiger partial charge on any atom is 0.310 e. The molecule has 1 fully saturated rings. The molecule has 0 saturated heterocycles. The van der Waals surface area contributed by atoms with Crippen LogP contribution in [0.5, 0.6) is 5.75 Å². The van der Waals surface area contributed by atoms with E-state index in [0.29, 0.717) is 30.0 Å². The van der Waals surface area contributed by atoms with Gasteiger partial charge in [0.25, 0.3) is 0 Å². The molecule has 1 saturated carbocycles. The number of aliphatic carboxylic acids is 1. The van der Waals surface area contributed by atoms with Crippen LogP contribution in [0, 0.1) is 5.41 Å². The monoisotopic (exact) mass is 320 g/mol. The number of carbonyl (C=O) groups excluding carboxylic acids is 2. The summed E-state index contributed by atoms with van der Waals surface area (Å²) < 4.78 is 5.18. The van der Waals surface area contributed by atoms with Gasteiger partial charge in [0.05, 0.1) is 18.2 Å². The Kier molecular flexibility index (Phi) is 4.88. The van der Waals surface area contributed by atoms with Gasteiger partial charge in [0.1, 0.15) is 5.75 Å². The Morgan fingerprint density at radius 2 is 1.96 bits per heavy atom. The predicted octanol–water partition coefficient (Wildman–Crippen LogP) is 2.24. The Bertz CT molecular complexity index is 637. The molecule has 124 valence electrons. The van der Waals surface area contributed by atoms with Crippen molar-refractivity contribution in [1.29, 1.82) is 0 Å². The number of amides is 2. The third-order valence-corrected chi connectivity index (χ3v) is 4.06. The van der Waals surface area contributed by atoms with Gasteiger partial charge in [-0.1, -0.05) is 6.42 Å². The van der Waals surface area contributed by atoms with E-state index in [9.17, 15) is 19.5 Å². The maximum absolute atomic E-state index is 12.1. The van der Waals surface area contributed by atoms with E-state index < -0.39 is 11.4 Å². The summed E-state index contributed by atoms with van der Waals surface area (Å²) >= 11 is 0. The molecule has 1 aliphatic carbocycles. The van der Waals surface area contributed by atoms with Crippen molar-refractivity contribution in [1.82, 2.24) is 0 Å². The van der Waals surface area contributed by atoms with E-state index in [-0.39, 0.29) is 18.2 Å². The summed E-state index contributed by atoms with van der Waals surface area (Å²) in [7, 11) is 1.46. The Balaban J connectivity index is 2.06. The lowest BCUT2D eigenvalue weighted by atomic mass is 9.66. The van der Waals surface area contributed by atoms with Crippen molar-refractivity contribution < 1.29 is 24.2 Å². The number of carboxylic acid groups (broad SMARTS) is 1. The van der Waals surface area contributed by atoms with E-state index in [1.807, 2.05) is 0 Å². The summed E-state index contributed by atoms with van der Waals surface area (Å²) in [6, 6.07) is 4.82. The highest BCUT2D eigenvalue weighted by atomic mass is 16.5. The van der Waals surface area contributed by atoms with Crippen LogP contribution in [0.1, 0.15) is 32.6 Å². The second-order valence-corrected chi connectivity index (χ2v) is 5.76. The summed E-state index contributed by atoms with van der Waals surface area (Å²) in [5.74, 6) is -1.08. The second-order valence-electron chi connectivity index (χ2n) is 5.76. The lowest BCUT2D eigenvalue weighted by molar-refractivity contribution is -0.157. The van der Waals surface area contributed by atoms with Gasteiger partial charge in [-0.2, -0.15) is 0 Å². The van der Waals surface area contributed by atoms with Crippen LogP contribution in [0.25, 0.3) is 0 Å². The number of benzene rings is 1. The first kappa shape index (κ1) is 16.8. The zero-order chi connectivity index (χ0) is 17.0. The average Bonchev–Trinajstić information content (AvgIpc) is 2.43. The van der Waals surface area contributed by atoms with Crippen LogP contribution in [-0.2, 0) is 14.4 Å². The topological polar surface area (TPSA) is 105 Å². The van der Waals surface area contributed by atoms with Crippen molar-refractivity contribution in [2.45, 2.75) is 32.6 Å². The summed E-state index contributed by atoms with van der Waals surface area (Å²) in [6.45, 7) is 1.39. The van der Waals surface area contributed by atoms with Gasteiger partial charge in [0.2, 0.25) is 11.8 Å². The first-order valence-corrected chi connectivity index (χ1v) is 7.35. The molecule has 2 rings (SSSR count). The lowest BCUT2D eigenvalue weighted by Crippen LogP contribution is -2.41. The normalized spacial score (nSPS) is 15.2. The van der Waals surface area contributed by atoms with Crippen molar-refractivity contribution in [3.8, 4) is 5.75 Å². The molecule has 0 spiro atoms. The summed E-state index contributed by atoms with van der Waals surface area (Å²) in [5.41, 5.74) is 0.0596. The van der Waals surface area contributed by atoms with Crippen LogP contribution in [0.4, 0.5) is 11.4 Å². The minimum atomic E-state index is -0.926. The predicted molar refractivity (Wildman–Crippen MR) is 84.5 cm³/mol. The van der Waals surface area contributed by atoms with Gasteiger partial charge in [-0.3, -0.25) is 14.4 Å². The SMILES string of the molecule is COc1cc(NC(=O)CC2(C(=O)O)CCC2)ccc1NC(C)=O. The number of carbonyl (C=O) groups is 3. The standard InChI is InChI=1S/C16H20N2O5/c1-10(19)17-12-5-4-11(8-13(12)23-2)18-14(20)9-16(15(21)22)6-3-7-16/h4-5,8H,3,6-7,9H2,1-2H3,(H,17,19)(H,18,20)(H,21,22). The third-order valence-electron chi connectivity index (χ3n) is 4.06. The quantitative estimate of drug-likeness (QED) is 0.745. The third kappa shape index (κ3) is 3.80. The average molecular weight is 320 g/mol. The number of hydrogen-bond acceptors (Lipinski definition) is 4. The zero-order valence-electron chi connectivity index (χ0n) is 13.1. The van der Waals surface area contributed by atoms with Gasteiger partial charge in [0, 0.05) is 25.1 Å². The Morgan fingerprint density at radius 1 is 1.26 bits per heavy atom. The molecule has 0 atom stereocenters. The van der Waals surface area contributed by atoms with Crippen LogP contribution in [0.2, 0.25) is 0 Å². The van der Waals surface area contributed by atoms with Gasteiger partial charge in [-0.25, -0.2) is 0 Å². The first-order chi connectivity index (χ1) is 10.9. The number of methoxy groups -OCH3 is 1. The fraction of sp³-hybridized carbons (Fsp3) is 0.438. The minimum Gasteiger partial charge on any atom is -0.494 e. The van der Waals surface area contributed by atoms with E-state index in [1.165, 1.54) is 14.0 Å². The van der Waals surface area contributed by atoms with Gasteiger partial charge in [-0.15, -0.1) is 0 Å². The van der Waals surface area contributed by atoms with Crippen molar-refractivity contribution in [2.75, 3.05) is 17.7 Å². The lowest BCUT2D eigenvalue weighted by Gasteiger charge is -2.36. The number of anilines is 2. The molecule has 2 amide bonds. The van der Waals surface area contributed by atoms with Crippen LogP contribution in [0.3, 0.4) is 0 Å². The molecule has 7 heteroatoms. The summed E-state index contributed by atoms with van der Waals surface area (Å²) in [4.78, 5) is 34.5. The Labute approximate surface area is 134 Å².